The third-order valence-electron chi connectivity index (χ3n) is 4.19. The molecule has 1 fully saturated rings. The average molecular weight is 337 g/mol. The largest absolute Gasteiger partial charge is 0.379 e. The number of hydrogen-bond donors (Lipinski definition) is 1. The van der Waals surface area contributed by atoms with Crippen molar-refractivity contribution in [2.75, 3.05) is 31.6 Å². The highest BCUT2D eigenvalue weighted by molar-refractivity contribution is 6.03. The summed E-state index contributed by atoms with van der Waals surface area (Å²) < 4.78 is 7.18. The van der Waals surface area contributed by atoms with Crippen molar-refractivity contribution in [2.45, 2.75) is 6.54 Å². The van der Waals surface area contributed by atoms with Crippen molar-refractivity contribution in [1.82, 2.24) is 19.3 Å². The van der Waals surface area contributed by atoms with E-state index < -0.39 is 0 Å². The fourth-order valence-electron chi connectivity index (χ4n) is 2.87. The second-order valence-corrected chi connectivity index (χ2v) is 5.97. The molecule has 0 radical (unpaired) electrons. The topological polar surface area (TPSA) is 71.8 Å². The van der Waals surface area contributed by atoms with Crippen LogP contribution in [0.1, 0.15) is 16.1 Å². The fraction of sp³-hybridized carbons (Fsp3) is 0.278. The maximum Gasteiger partial charge on any atom is 0.258 e. The van der Waals surface area contributed by atoms with Gasteiger partial charge in [0.2, 0.25) is 0 Å². The standard InChI is InChI=1S/C18H19N5O2/c24-18(14-4-5-17-19-6-7-23(17)12-14)21-16-3-1-2-15(20-16)13-22-8-10-25-11-9-22/h1-7,12H,8-11,13H2,(H,20,21,24). The van der Waals surface area contributed by atoms with E-state index in [9.17, 15) is 4.79 Å². The Morgan fingerprint density at radius 3 is 2.96 bits per heavy atom. The molecule has 0 atom stereocenters. The molecule has 0 saturated carbocycles. The van der Waals surface area contributed by atoms with E-state index in [1.54, 1.807) is 24.5 Å². The van der Waals surface area contributed by atoms with Gasteiger partial charge in [0.25, 0.3) is 5.91 Å². The number of imidazole rings is 1. The first kappa shape index (κ1) is 15.7. The van der Waals surface area contributed by atoms with Crippen molar-refractivity contribution in [2.24, 2.45) is 0 Å². The summed E-state index contributed by atoms with van der Waals surface area (Å²) in [7, 11) is 0. The summed E-state index contributed by atoms with van der Waals surface area (Å²) in [5.74, 6) is 0.369. The van der Waals surface area contributed by atoms with Crippen LogP contribution in [-0.2, 0) is 11.3 Å². The predicted molar refractivity (Wildman–Crippen MR) is 93.5 cm³/mol. The van der Waals surface area contributed by atoms with Crippen LogP contribution in [0.25, 0.3) is 5.65 Å². The molecule has 7 heteroatoms. The lowest BCUT2D eigenvalue weighted by Crippen LogP contribution is -2.35. The van der Waals surface area contributed by atoms with Crippen molar-refractivity contribution in [3.05, 3.63) is 60.2 Å². The highest BCUT2D eigenvalue weighted by atomic mass is 16.5. The number of fused-ring (bicyclic) bond motifs is 1. The van der Waals surface area contributed by atoms with Crippen molar-refractivity contribution >= 4 is 17.4 Å². The Labute approximate surface area is 145 Å². The van der Waals surface area contributed by atoms with E-state index >= 15 is 0 Å². The molecule has 0 unspecified atom stereocenters. The van der Waals surface area contributed by atoms with E-state index in [4.69, 9.17) is 4.74 Å². The Kier molecular flexibility index (Phi) is 4.41. The number of pyridine rings is 2. The van der Waals surface area contributed by atoms with Crippen LogP contribution in [0.5, 0.6) is 0 Å². The van der Waals surface area contributed by atoms with E-state index in [0.717, 1.165) is 44.2 Å². The fourth-order valence-corrected chi connectivity index (χ4v) is 2.87. The molecule has 7 nitrogen and oxygen atoms in total. The Morgan fingerprint density at radius 1 is 1.20 bits per heavy atom. The maximum absolute atomic E-state index is 12.5. The SMILES string of the molecule is O=C(Nc1cccc(CN2CCOCC2)n1)c1ccc2nccn2c1. The van der Waals surface area contributed by atoms with Gasteiger partial charge >= 0.3 is 0 Å². The van der Waals surface area contributed by atoms with Crippen molar-refractivity contribution < 1.29 is 9.53 Å². The monoisotopic (exact) mass is 337 g/mol. The number of carbonyl (C=O) groups excluding carboxylic acids is 1. The summed E-state index contributed by atoms with van der Waals surface area (Å²) in [6.45, 7) is 4.08. The Hall–Kier alpha value is -2.77. The maximum atomic E-state index is 12.5. The Morgan fingerprint density at radius 2 is 2.08 bits per heavy atom. The molecule has 0 bridgehead atoms. The minimum Gasteiger partial charge on any atom is -0.379 e. The van der Waals surface area contributed by atoms with Crippen LogP contribution in [0.3, 0.4) is 0 Å². The second-order valence-electron chi connectivity index (χ2n) is 5.97. The molecule has 3 aromatic rings. The summed E-state index contributed by atoms with van der Waals surface area (Å²) in [6.07, 6.45) is 5.27. The van der Waals surface area contributed by atoms with Gasteiger partial charge in [0.15, 0.2) is 0 Å². The van der Waals surface area contributed by atoms with Gasteiger partial charge in [-0.15, -0.1) is 0 Å². The molecule has 1 aliphatic rings. The van der Waals surface area contributed by atoms with Crippen LogP contribution in [-0.4, -0.2) is 51.5 Å². The predicted octanol–water partition coefficient (Wildman–Crippen LogP) is 1.81. The summed E-state index contributed by atoms with van der Waals surface area (Å²) in [5.41, 5.74) is 2.30. The van der Waals surface area contributed by atoms with Crippen LogP contribution in [0.15, 0.2) is 48.9 Å². The van der Waals surface area contributed by atoms with Crippen LogP contribution in [0, 0.1) is 0 Å². The van der Waals surface area contributed by atoms with Crippen LogP contribution >= 0.6 is 0 Å². The molecule has 4 heterocycles. The molecule has 3 aromatic heterocycles. The third kappa shape index (κ3) is 3.67. The first-order chi connectivity index (χ1) is 12.3. The first-order valence-corrected chi connectivity index (χ1v) is 8.28. The number of anilines is 1. The minimum absolute atomic E-state index is 0.188. The number of ether oxygens (including phenoxy) is 1. The van der Waals surface area contributed by atoms with Gasteiger partial charge in [0, 0.05) is 38.2 Å². The molecule has 4 rings (SSSR count). The molecule has 1 N–H and O–H groups in total. The number of amides is 1. The van der Waals surface area contributed by atoms with Gasteiger partial charge in [-0.2, -0.15) is 0 Å². The number of nitrogens with one attached hydrogen (secondary N) is 1. The molecule has 0 aromatic carbocycles. The number of carbonyl (C=O) groups is 1. The number of rotatable bonds is 4. The van der Waals surface area contributed by atoms with Gasteiger partial charge in [-0.1, -0.05) is 6.07 Å². The molecule has 0 aliphatic carbocycles. The zero-order chi connectivity index (χ0) is 17.1. The van der Waals surface area contributed by atoms with Gasteiger partial charge in [-0.05, 0) is 24.3 Å². The van der Waals surface area contributed by atoms with E-state index in [0.29, 0.717) is 11.4 Å². The third-order valence-corrected chi connectivity index (χ3v) is 4.19. The van der Waals surface area contributed by atoms with Gasteiger partial charge < -0.3 is 14.5 Å². The number of hydrogen-bond acceptors (Lipinski definition) is 5. The van der Waals surface area contributed by atoms with Crippen LogP contribution in [0.2, 0.25) is 0 Å². The summed E-state index contributed by atoms with van der Waals surface area (Å²) >= 11 is 0. The molecule has 1 amide bonds. The molecule has 1 aliphatic heterocycles. The van der Waals surface area contributed by atoms with Crippen LogP contribution < -0.4 is 5.32 Å². The summed E-state index contributed by atoms with van der Waals surface area (Å²) in [6, 6.07) is 9.27. The van der Waals surface area contributed by atoms with Gasteiger partial charge in [-0.3, -0.25) is 9.69 Å². The molecular weight excluding hydrogens is 318 g/mol. The number of aromatic nitrogens is 3. The van der Waals surface area contributed by atoms with Gasteiger partial charge in [-0.25, -0.2) is 9.97 Å². The highest BCUT2D eigenvalue weighted by Crippen LogP contribution is 2.11. The lowest BCUT2D eigenvalue weighted by molar-refractivity contribution is 0.0337. The molecule has 25 heavy (non-hydrogen) atoms. The molecule has 0 spiro atoms. The quantitative estimate of drug-likeness (QED) is 0.786. The first-order valence-electron chi connectivity index (χ1n) is 8.28. The minimum atomic E-state index is -0.188. The summed E-state index contributed by atoms with van der Waals surface area (Å²) in [4.78, 5) is 23.5. The number of morpholine rings is 1. The van der Waals surface area contributed by atoms with Crippen molar-refractivity contribution in [1.29, 1.82) is 0 Å². The smallest absolute Gasteiger partial charge is 0.258 e. The van der Waals surface area contributed by atoms with E-state index in [2.05, 4.69) is 20.2 Å². The van der Waals surface area contributed by atoms with E-state index in [1.165, 1.54) is 0 Å². The number of nitrogens with zero attached hydrogens (tertiary/aromatic N) is 4. The molecule has 1 saturated heterocycles. The summed E-state index contributed by atoms with van der Waals surface area (Å²) in [5, 5.41) is 2.87. The van der Waals surface area contributed by atoms with E-state index in [-0.39, 0.29) is 5.91 Å². The highest BCUT2D eigenvalue weighted by Gasteiger charge is 2.12. The Bertz CT molecular complexity index is 886. The lowest BCUT2D eigenvalue weighted by atomic mass is 10.2. The Balaban J connectivity index is 1.46. The lowest BCUT2D eigenvalue weighted by Gasteiger charge is -2.26. The van der Waals surface area contributed by atoms with Crippen molar-refractivity contribution in [3.8, 4) is 0 Å². The van der Waals surface area contributed by atoms with Crippen molar-refractivity contribution in [3.63, 3.8) is 0 Å². The van der Waals surface area contributed by atoms with E-state index in [1.807, 2.05) is 28.8 Å². The van der Waals surface area contributed by atoms with Gasteiger partial charge in [0.05, 0.1) is 24.5 Å². The molecular formula is C18H19N5O2. The van der Waals surface area contributed by atoms with Crippen LogP contribution in [0.4, 0.5) is 5.82 Å². The molecule has 128 valence electrons. The second kappa shape index (κ2) is 7.00. The average Bonchev–Trinajstić information content (AvgIpc) is 3.10. The zero-order valence-corrected chi connectivity index (χ0v) is 13.8. The zero-order valence-electron chi connectivity index (χ0n) is 13.8. The normalized spacial score (nSPS) is 15.4. The van der Waals surface area contributed by atoms with Gasteiger partial charge in [0.1, 0.15) is 11.5 Å².